The molecule has 0 spiro atoms. The van der Waals surface area contributed by atoms with Gasteiger partial charge in [0.05, 0.1) is 8.07 Å². The fraction of sp³-hybridized carbons (Fsp3) is 0.280. The van der Waals surface area contributed by atoms with Gasteiger partial charge in [-0.3, -0.25) is 0 Å². The van der Waals surface area contributed by atoms with E-state index in [1.54, 1.807) is 5.19 Å². The van der Waals surface area contributed by atoms with Gasteiger partial charge in [-0.1, -0.05) is 109 Å². The van der Waals surface area contributed by atoms with Crippen LogP contribution in [0.5, 0.6) is 0 Å². The lowest BCUT2D eigenvalue weighted by Crippen LogP contribution is -2.44. The number of rotatable bonds is 7. The largest absolute Gasteiger partial charge is 0.306 e. The minimum absolute atomic E-state index is 0.314. The maximum absolute atomic E-state index is 3.86. The monoisotopic (exact) mass is 373 g/mol. The van der Waals surface area contributed by atoms with E-state index in [0.29, 0.717) is 6.04 Å². The summed E-state index contributed by atoms with van der Waals surface area (Å²) in [5, 5.41) is 5.47. The van der Waals surface area contributed by atoms with Gasteiger partial charge in [0, 0.05) is 12.6 Å². The molecular formula is C25H31NSi. The van der Waals surface area contributed by atoms with Crippen LogP contribution in [-0.4, -0.2) is 8.07 Å². The van der Waals surface area contributed by atoms with Gasteiger partial charge in [-0.25, -0.2) is 0 Å². The number of nitrogens with one attached hydrogen (secondary N) is 1. The molecule has 0 saturated heterocycles. The van der Waals surface area contributed by atoms with Crippen molar-refractivity contribution >= 4 is 13.3 Å². The normalized spacial score (nSPS) is 12.7. The second kappa shape index (κ2) is 8.68. The first-order valence-corrected chi connectivity index (χ1v) is 13.4. The average molecular weight is 374 g/mol. The van der Waals surface area contributed by atoms with Crippen molar-refractivity contribution in [2.24, 2.45) is 0 Å². The Balaban J connectivity index is 1.95. The van der Waals surface area contributed by atoms with E-state index >= 15 is 0 Å². The van der Waals surface area contributed by atoms with Crippen LogP contribution in [0.2, 0.25) is 19.6 Å². The van der Waals surface area contributed by atoms with Crippen molar-refractivity contribution in [2.45, 2.75) is 45.6 Å². The molecule has 1 atom stereocenters. The van der Waals surface area contributed by atoms with Gasteiger partial charge in [0.15, 0.2) is 0 Å². The lowest BCUT2D eigenvalue weighted by atomic mass is 9.97. The molecule has 1 N–H and O–H groups in total. The molecule has 3 aromatic rings. The van der Waals surface area contributed by atoms with Gasteiger partial charge < -0.3 is 5.32 Å². The summed E-state index contributed by atoms with van der Waals surface area (Å²) in [6.07, 6.45) is 1.01. The topological polar surface area (TPSA) is 12.0 Å². The lowest BCUT2D eigenvalue weighted by Gasteiger charge is -2.29. The molecular weight excluding hydrogens is 342 g/mol. The van der Waals surface area contributed by atoms with Crippen molar-refractivity contribution in [1.82, 2.24) is 5.32 Å². The van der Waals surface area contributed by atoms with Crippen LogP contribution >= 0.6 is 0 Å². The second-order valence-electron chi connectivity index (χ2n) is 8.40. The molecule has 0 aliphatic carbocycles. The number of hydrogen-bond acceptors (Lipinski definition) is 1. The highest BCUT2D eigenvalue weighted by molar-refractivity contribution is 6.89. The van der Waals surface area contributed by atoms with Crippen LogP contribution in [-0.2, 0) is 13.0 Å². The van der Waals surface area contributed by atoms with Crippen molar-refractivity contribution in [3.05, 3.63) is 101 Å². The summed E-state index contributed by atoms with van der Waals surface area (Å²) in [6, 6.07) is 28.7. The maximum atomic E-state index is 3.86. The summed E-state index contributed by atoms with van der Waals surface area (Å²) >= 11 is 0. The first-order chi connectivity index (χ1) is 12.9. The Bertz CT molecular complexity index is 850. The highest BCUT2D eigenvalue weighted by atomic mass is 28.3. The first kappa shape index (κ1) is 19.6. The predicted molar refractivity (Wildman–Crippen MR) is 120 cm³/mol. The molecule has 3 rings (SSSR count). The van der Waals surface area contributed by atoms with Gasteiger partial charge in [0.25, 0.3) is 0 Å². The van der Waals surface area contributed by atoms with Crippen LogP contribution in [0.15, 0.2) is 78.9 Å². The molecule has 0 amide bonds. The molecule has 0 aromatic heterocycles. The van der Waals surface area contributed by atoms with E-state index in [-0.39, 0.29) is 0 Å². The molecule has 0 bridgehead atoms. The minimum atomic E-state index is -1.45. The van der Waals surface area contributed by atoms with Crippen LogP contribution in [0.4, 0.5) is 0 Å². The quantitative estimate of drug-likeness (QED) is 0.531. The Morgan fingerprint density at radius 3 is 1.93 bits per heavy atom. The molecule has 27 heavy (non-hydrogen) atoms. The van der Waals surface area contributed by atoms with Gasteiger partial charge in [0.2, 0.25) is 0 Å². The minimum Gasteiger partial charge on any atom is -0.306 e. The Kier molecular flexibility index (Phi) is 6.30. The zero-order valence-corrected chi connectivity index (χ0v) is 18.0. The number of benzene rings is 3. The van der Waals surface area contributed by atoms with Crippen molar-refractivity contribution in [3.8, 4) is 0 Å². The standard InChI is InChI=1S/C25H31NSi/c1-20-12-11-17-23(25(20)27(2,3)4)24(18-21-13-7-5-8-14-21)26-19-22-15-9-6-10-16-22/h5-17,24,26H,18-19H2,1-4H3. The van der Waals surface area contributed by atoms with Crippen LogP contribution in [0, 0.1) is 6.92 Å². The molecule has 140 valence electrons. The molecule has 1 unspecified atom stereocenters. The van der Waals surface area contributed by atoms with E-state index in [1.807, 2.05) is 0 Å². The zero-order chi connectivity index (χ0) is 19.3. The molecule has 0 aliphatic heterocycles. The van der Waals surface area contributed by atoms with Crippen molar-refractivity contribution < 1.29 is 0 Å². The van der Waals surface area contributed by atoms with Crippen molar-refractivity contribution in [2.75, 3.05) is 0 Å². The number of aryl methyl sites for hydroxylation is 1. The Hall–Kier alpha value is -2.16. The molecule has 0 heterocycles. The van der Waals surface area contributed by atoms with Crippen LogP contribution < -0.4 is 10.5 Å². The van der Waals surface area contributed by atoms with E-state index in [9.17, 15) is 0 Å². The van der Waals surface area contributed by atoms with Gasteiger partial charge in [-0.15, -0.1) is 0 Å². The highest BCUT2D eigenvalue weighted by Crippen LogP contribution is 2.22. The summed E-state index contributed by atoms with van der Waals surface area (Å²) in [7, 11) is -1.45. The highest BCUT2D eigenvalue weighted by Gasteiger charge is 2.26. The Morgan fingerprint density at radius 2 is 1.33 bits per heavy atom. The molecule has 0 radical (unpaired) electrons. The van der Waals surface area contributed by atoms with E-state index in [1.165, 1.54) is 22.3 Å². The Labute approximate surface area is 165 Å². The predicted octanol–water partition coefficient (Wildman–Crippen LogP) is 5.61. The van der Waals surface area contributed by atoms with E-state index in [0.717, 1.165) is 13.0 Å². The molecule has 0 aliphatic rings. The summed E-state index contributed by atoms with van der Waals surface area (Å²) in [6.45, 7) is 10.5. The summed E-state index contributed by atoms with van der Waals surface area (Å²) in [5.41, 5.74) is 5.63. The van der Waals surface area contributed by atoms with E-state index < -0.39 is 8.07 Å². The van der Waals surface area contributed by atoms with E-state index in [4.69, 9.17) is 0 Å². The van der Waals surface area contributed by atoms with Gasteiger partial charge in [0.1, 0.15) is 0 Å². The first-order valence-electron chi connectivity index (χ1n) is 9.86. The summed E-state index contributed by atoms with van der Waals surface area (Å²) in [5.74, 6) is 0. The smallest absolute Gasteiger partial charge is 0.0783 e. The maximum Gasteiger partial charge on any atom is 0.0783 e. The zero-order valence-electron chi connectivity index (χ0n) is 17.0. The molecule has 0 saturated carbocycles. The van der Waals surface area contributed by atoms with Crippen molar-refractivity contribution in [1.29, 1.82) is 0 Å². The SMILES string of the molecule is Cc1cccc(C(Cc2ccccc2)NCc2ccccc2)c1[Si](C)(C)C. The fourth-order valence-electron chi connectivity index (χ4n) is 3.98. The molecule has 0 fully saturated rings. The average Bonchev–Trinajstić information content (AvgIpc) is 2.65. The molecule has 2 heteroatoms. The third-order valence-corrected chi connectivity index (χ3v) is 7.29. The Morgan fingerprint density at radius 1 is 0.741 bits per heavy atom. The van der Waals surface area contributed by atoms with Crippen LogP contribution in [0.25, 0.3) is 0 Å². The lowest BCUT2D eigenvalue weighted by molar-refractivity contribution is 0.532. The van der Waals surface area contributed by atoms with Gasteiger partial charge in [-0.2, -0.15) is 0 Å². The molecule has 3 aromatic carbocycles. The number of hydrogen-bond donors (Lipinski definition) is 1. The van der Waals surface area contributed by atoms with Crippen molar-refractivity contribution in [3.63, 3.8) is 0 Å². The molecule has 1 nitrogen and oxygen atoms in total. The van der Waals surface area contributed by atoms with Gasteiger partial charge >= 0.3 is 0 Å². The third kappa shape index (κ3) is 5.18. The third-order valence-electron chi connectivity index (χ3n) is 5.11. The van der Waals surface area contributed by atoms with E-state index in [2.05, 4.69) is 111 Å². The summed E-state index contributed by atoms with van der Waals surface area (Å²) in [4.78, 5) is 0. The van der Waals surface area contributed by atoms with Gasteiger partial charge in [-0.05, 0) is 30.0 Å². The van der Waals surface area contributed by atoms with Crippen LogP contribution in [0.3, 0.4) is 0 Å². The summed E-state index contributed by atoms with van der Waals surface area (Å²) < 4.78 is 0. The second-order valence-corrected chi connectivity index (χ2v) is 13.4. The fourth-order valence-corrected chi connectivity index (χ4v) is 6.37. The van der Waals surface area contributed by atoms with Crippen LogP contribution in [0.1, 0.15) is 28.3 Å².